The Bertz CT molecular complexity index is 2710. The van der Waals surface area contributed by atoms with Crippen LogP contribution in [0.1, 0.15) is 117 Å². The molecule has 2 heterocycles. The van der Waals surface area contributed by atoms with E-state index >= 15 is 0 Å². The number of allylic oxidation sites excluding steroid dienone is 7. The van der Waals surface area contributed by atoms with Crippen molar-refractivity contribution in [3.63, 3.8) is 0 Å². The van der Waals surface area contributed by atoms with Crippen LogP contribution in [0.15, 0.2) is 125 Å². The van der Waals surface area contributed by atoms with Crippen molar-refractivity contribution >= 4 is 43.2 Å². The number of carbonyl (C=O) groups excluding carboxylic acids is 1. The molecule has 6 rings (SSSR count). The second-order valence-electron chi connectivity index (χ2n) is 20.7. The molecule has 0 saturated carbocycles. The highest BCUT2D eigenvalue weighted by Gasteiger charge is 2.44. The molecule has 3 N–H and O–H groups in total. The summed E-state index contributed by atoms with van der Waals surface area (Å²) in [5.74, 6) is 0.818. The average molecular weight is 1000 g/mol. The first-order chi connectivity index (χ1) is 33.1. The van der Waals surface area contributed by atoms with Gasteiger partial charge < -0.3 is 24.4 Å². The Kier molecular flexibility index (Phi) is 18.3. The van der Waals surface area contributed by atoms with Gasteiger partial charge in [-0.1, -0.05) is 77.1 Å². The third kappa shape index (κ3) is 14.6. The number of benzene rings is 3. The van der Waals surface area contributed by atoms with Gasteiger partial charge >= 0.3 is 0 Å². The molecule has 0 saturated heterocycles. The Labute approximate surface area is 416 Å². The molecule has 15 heteroatoms. The monoisotopic (exact) mass is 1000 g/mol. The summed E-state index contributed by atoms with van der Waals surface area (Å²) < 4.78 is 86.5. The Morgan fingerprint density at radius 2 is 1.49 bits per heavy atom. The van der Waals surface area contributed by atoms with Crippen LogP contribution in [0.2, 0.25) is 0 Å². The number of hydrogen-bond acceptors (Lipinski definition) is 9. The predicted molar refractivity (Wildman–Crippen MR) is 277 cm³/mol. The quantitative estimate of drug-likeness (QED) is 0.0443. The van der Waals surface area contributed by atoms with Crippen molar-refractivity contribution in [3.8, 4) is 5.75 Å². The number of amides is 1. The van der Waals surface area contributed by atoms with Gasteiger partial charge in [-0.25, -0.2) is 0 Å². The van der Waals surface area contributed by atoms with Crippen LogP contribution in [0.5, 0.6) is 5.75 Å². The van der Waals surface area contributed by atoms with Crippen LogP contribution in [0.3, 0.4) is 0 Å². The van der Waals surface area contributed by atoms with Gasteiger partial charge in [-0.15, -0.1) is 0 Å². The lowest BCUT2D eigenvalue weighted by Gasteiger charge is -2.27. The third-order valence-corrected chi connectivity index (χ3v) is 14.8. The van der Waals surface area contributed by atoms with Gasteiger partial charge in [0.25, 0.3) is 20.2 Å². The van der Waals surface area contributed by atoms with Gasteiger partial charge in [0.2, 0.25) is 11.6 Å². The predicted octanol–water partition coefficient (Wildman–Crippen LogP) is 10.4. The minimum absolute atomic E-state index is 0.0244. The molecule has 0 spiro atoms. The Morgan fingerprint density at radius 3 is 2.20 bits per heavy atom. The molecule has 380 valence electrons. The number of anilines is 1. The maximum Gasteiger partial charge on any atom is 0.294 e. The third-order valence-electron chi connectivity index (χ3n) is 13.1. The minimum Gasteiger partial charge on any atom is -0.457 e. The van der Waals surface area contributed by atoms with E-state index in [9.17, 15) is 30.7 Å². The van der Waals surface area contributed by atoms with Crippen molar-refractivity contribution in [1.29, 1.82) is 0 Å². The molecule has 0 bridgehead atoms. The number of hydrogen-bond donors (Lipinski definition) is 3. The maximum atomic E-state index is 12.6. The summed E-state index contributed by atoms with van der Waals surface area (Å²) in [6.07, 6.45) is 14.8. The van der Waals surface area contributed by atoms with Crippen LogP contribution in [0.25, 0.3) is 0 Å². The zero-order valence-corrected chi connectivity index (χ0v) is 43.8. The summed E-state index contributed by atoms with van der Waals surface area (Å²) in [6, 6.07) is 22.5. The molecule has 0 atom stereocenters. The molecule has 3 aromatic carbocycles. The number of carbonyl (C=O) groups is 1. The second kappa shape index (κ2) is 23.6. The van der Waals surface area contributed by atoms with E-state index in [4.69, 9.17) is 14.2 Å². The number of para-hydroxylation sites is 2. The maximum absolute atomic E-state index is 12.6. The average Bonchev–Trinajstić information content (AvgIpc) is 3.64. The van der Waals surface area contributed by atoms with Crippen molar-refractivity contribution in [1.82, 2.24) is 5.32 Å². The van der Waals surface area contributed by atoms with Crippen molar-refractivity contribution in [3.05, 3.63) is 131 Å². The molecule has 0 unspecified atom stereocenters. The highest BCUT2D eigenvalue weighted by Crippen LogP contribution is 2.48. The Balaban J connectivity index is 1.24. The summed E-state index contributed by atoms with van der Waals surface area (Å²) >= 11 is 0. The fraction of sp³-hybridized carbons (Fsp3) is 0.491. The van der Waals surface area contributed by atoms with Crippen molar-refractivity contribution in [2.45, 2.75) is 122 Å². The fourth-order valence-electron chi connectivity index (χ4n) is 9.51. The number of fused-ring (bicyclic) bond motifs is 2. The lowest BCUT2D eigenvalue weighted by atomic mass is 9.81. The van der Waals surface area contributed by atoms with Gasteiger partial charge in [0.05, 0.1) is 42.5 Å². The van der Waals surface area contributed by atoms with Gasteiger partial charge in [-0.2, -0.15) is 21.4 Å². The van der Waals surface area contributed by atoms with E-state index in [0.29, 0.717) is 70.3 Å². The van der Waals surface area contributed by atoms with Crippen molar-refractivity contribution < 1.29 is 49.5 Å². The van der Waals surface area contributed by atoms with E-state index in [-0.39, 0.29) is 32.8 Å². The van der Waals surface area contributed by atoms with E-state index in [1.54, 1.807) is 12.1 Å². The van der Waals surface area contributed by atoms with Crippen molar-refractivity contribution in [2.75, 3.05) is 56.7 Å². The largest absolute Gasteiger partial charge is 0.457 e. The molecule has 0 radical (unpaired) electrons. The molecule has 0 fully saturated rings. The van der Waals surface area contributed by atoms with E-state index in [1.165, 1.54) is 17.7 Å². The summed E-state index contributed by atoms with van der Waals surface area (Å²) in [4.78, 5) is 14.7. The van der Waals surface area contributed by atoms with Gasteiger partial charge in [0, 0.05) is 60.4 Å². The van der Waals surface area contributed by atoms with Crippen LogP contribution in [-0.2, 0) is 45.3 Å². The summed E-state index contributed by atoms with van der Waals surface area (Å²) in [5.41, 5.74) is 8.17. The smallest absolute Gasteiger partial charge is 0.294 e. The zero-order chi connectivity index (χ0) is 50.7. The van der Waals surface area contributed by atoms with Crippen LogP contribution >= 0.6 is 0 Å². The van der Waals surface area contributed by atoms with Crippen molar-refractivity contribution in [2.24, 2.45) is 5.41 Å². The Hall–Kier alpha value is -4.90. The summed E-state index contributed by atoms with van der Waals surface area (Å²) in [7, 11) is -8.48. The number of nitrogens with one attached hydrogen (secondary N) is 1. The molecule has 0 aromatic heterocycles. The standard InChI is InChI=1S/C55H73N3O10S2/c1-53(2,3)40-67-38-37-66-36-33-56-51(59)24-9-8-14-34-57-47-22-12-10-20-45(47)54(4,5)49(57)31-25-41-18-17-19-42(52(41)68-43-27-29-44(30-28-43)70(63,64)65)26-32-50-55(6,7)46-21-11-13-23-48(46)58(50)35-15-16-39-69(60,61)62/h10-13,20-23,25-32H,8-9,14-19,24,33-40H2,1-7H3,(H2-,56,59,60,61,62,63,64,65)/p+1. The number of nitrogens with zero attached hydrogens (tertiary/aromatic N) is 2. The number of rotatable bonds is 24. The van der Waals surface area contributed by atoms with E-state index in [1.807, 2.05) is 12.1 Å². The van der Waals surface area contributed by atoms with Crippen LogP contribution in [0, 0.1) is 5.41 Å². The molecule has 1 aliphatic carbocycles. The molecule has 3 aromatic rings. The SMILES string of the molecule is CC(C)(C)COCCOCCNC(=O)CCCCC[N+]1=C(/C=C/C2=C(Oc3ccc(S(=O)(=O)O)cc3)C(=C/C=C3/N(CCCCS(=O)(=O)O)c4ccccc4C3(C)C)/CCC2)C(C)(C)c2ccccc21. The first-order valence-electron chi connectivity index (χ1n) is 24.6. The van der Waals surface area contributed by atoms with Crippen LogP contribution < -0.4 is 15.0 Å². The van der Waals surface area contributed by atoms with E-state index in [0.717, 1.165) is 84.6 Å². The van der Waals surface area contributed by atoms with Gasteiger partial charge in [-0.3, -0.25) is 13.9 Å². The van der Waals surface area contributed by atoms with Gasteiger partial charge in [0.1, 0.15) is 18.1 Å². The summed E-state index contributed by atoms with van der Waals surface area (Å²) in [5, 5.41) is 2.97. The molecule has 3 aliphatic rings. The van der Waals surface area contributed by atoms with Crippen LogP contribution in [-0.4, -0.2) is 94.0 Å². The topological polar surface area (TPSA) is 172 Å². The first kappa shape index (κ1) is 54.4. The fourth-order valence-corrected chi connectivity index (χ4v) is 10.6. The molecule has 1 amide bonds. The number of ether oxygens (including phenoxy) is 3. The van der Waals surface area contributed by atoms with E-state index in [2.05, 4.69) is 124 Å². The first-order valence-corrected chi connectivity index (χ1v) is 27.7. The van der Waals surface area contributed by atoms with Gasteiger partial charge in [0.15, 0.2) is 5.71 Å². The lowest BCUT2D eigenvalue weighted by molar-refractivity contribution is -0.438. The Morgan fingerprint density at radius 1 is 0.786 bits per heavy atom. The van der Waals surface area contributed by atoms with E-state index < -0.39 is 20.2 Å². The highest BCUT2D eigenvalue weighted by atomic mass is 32.2. The van der Waals surface area contributed by atoms with Crippen LogP contribution in [0.4, 0.5) is 11.4 Å². The second-order valence-corrected chi connectivity index (χ2v) is 23.7. The highest BCUT2D eigenvalue weighted by molar-refractivity contribution is 7.86. The molecule has 2 aliphatic heterocycles. The molecular weight excluding hydrogens is 927 g/mol. The molecular formula is C55H74N3O10S2+. The molecule has 13 nitrogen and oxygen atoms in total. The summed E-state index contributed by atoms with van der Waals surface area (Å²) in [6.45, 7) is 19.2. The van der Waals surface area contributed by atoms with Gasteiger partial charge in [-0.05, 0) is 123 Å². The minimum atomic E-state index is -4.41. The molecule has 70 heavy (non-hydrogen) atoms. The number of unbranched alkanes of at least 4 members (excludes halogenated alkanes) is 3. The zero-order valence-electron chi connectivity index (χ0n) is 42.1. The lowest BCUT2D eigenvalue weighted by Crippen LogP contribution is -2.28. The normalized spacial score (nSPS) is 18.0.